The van der Waals surface area contributed by atoms with Crippen LogP contribution in [0.15, 0.2) is 140 Å². The maximum Gasteiger partial charge on any atom is 0.0547 e. The minimum Gasteiger partial charge on any atom is -0.309 e. The van der Waals surface area contributed by atoms with Crippen LogP contribution < -0.4 is 0 Å². The minimum atomic E-state index is 0.839. The molecule has 2 heteroatoms. The molecule has 2 heterocycles. The van der Waals surface area contributed by atoms with Gasteiger partial charge in [-0.1, -0.05) is 79.4 Å². The lowest BCUT2D eigenvalue weighted by molar-refractivity contribution is 1.17. The third-order valence-electron chi connectivity index (χ3n) is 8.81. The molecule has 6 aromatic carbocycles. The molecule has 0 saturated heterocycles. The fourth-order valence-electron chi connectivity index (χ4n) is 7.02. The highest BCUT2D eigenvalue weighted by Gasteiger charge is 2.24. The monoisotopic (exact) mass is 522 g/mol. The van der Waals surface area contributed by atoms with Gasteiger partial charge in [-0.25, -0.2) is 0 Å². The predicted molar refractivity (Wildman–Crippen MR) is 173 cm³/mol. The van der Waals surface area contributed by atoms with Crippen LogP contribution >= 0.6 is 0 Å². The number of nitrogens with zero attached hydrogens (tertiary/aromatic N) is 2. The number of benzene rings is 6. The maximum atomic E-state index is 4.60. The standard InChI is InChI=1S/C39H26N2/c1-25-20-26-21-38-34(29-16-8-10-18-36(29)40(38)27-12-4-2-5-13-27)22-32(26)33-23-35-30-17-9-11-19-37(30)41(39(35)24-31(25)33)28-14-6-3-7-15-28/h2-19,21-24H,1,20H2. The van der Waals surface area contributed by atoms with Gasteiger partial charge in [-0.15, -0.1) is 0 Å². The molecule has 0 spiro atoms. The van der Waals surface area contributed by atoms with E-state index in [-0.39, 0.29) is 0 Å². The average molecular weight is 523 g/mol. The van der Waals surface area contributed by atoms with Gasteiger partial charge in [-0.2, -0.15) is 0 Å². The maximum absolute atomic E-state index is 4.60. The first kappa shape index (κ1) is 22.5. The lowest BCUT2D eigenvalue weighted by Crippen LogP contribution is -2.04. The first-order valence-electron chi connectivity index (χ1n) is 14.2. The van der Waals surface area contributed by atoms with Crippen molar-refractivity contribution in [3.63, 3.8) is 0 Å². The fraction of sp³-hybridized carbons (Fsp3) is 0.0256. The molecular weight excluding hydrogens is 496 g/mol. The molecule has 0 N–H and O–H groups in total. The van der Waals surface area contributed by atoms with Crippen molar-refractivity contribution in [1.29, 1.82) is 0 Å². The lowest BCUT2D eigenvalue weighted by Gasteiger charge is -2.23. The van der Waals surface area contributed by atoms with E-state index in [4.69, 9.17) is 0 Å². The van der Waals surface area contributed by atoms with Crippen molar-refractivity contribution in [1.82, 2.24) is 9.13 Å². The van der Waals surface area contributed by atoms with E-state index in [9.17, 15) is 0 Å². The fourth-order valence-corrected chi connectivity index (χ4v) is 7.02. The summed E-state index contributed by atoms with van der Waals surface area (Å²) in [5.74, 6) is 0. The van der Waals surface area contributed by atoms with Gasteiger partial charge in [-0.05, 0) is 94.9 Å². The normalized spacial score (nSPS) is 12.8. The van der Waals surface area contributed by atoms with Crippen molar-refractivity contribution in [2.24, 2.45) is 0 Å². The zero-order chi connectivity index (χ0) is 27.1. The number of hydrogen-bond donors (Lipinski definition) is 0. The second-order valence-corrected chi connectivity index (χ2v) is 11.1. The Morgan fingerprint density at radius 2 is 0.902 bits per heavy atom. The Morgan fingerprint density at radius 1 is 0.415 bits per heavy atom. The summed E-state index contributed by atoms with van der Waals surface area (Å²) in [5.41, 5.74) is 13.6. The van der Waals surface area contributed by atoms with Crippen molar-refractivity contribution < 1.29 is 0 Å². The van der Waals surface area contributed by atoms with Crippen molar-refractivity contribution in [2.75, 3.05) is 0 Å². The van der Waals surface area contributed by atoms with Crippen LogP contribution in [0.4, 0.5) is 0 Å². The van der Waals surface area contributed by atoms with Gasteiger partial charge in [0.15, 0.2) is 0 Å². The molecule has 9 rings (SSSR count). The zero-order valence-electron chi connectivity index (χ0n) is 22.5. The summed E-state index contributed by atoms with van der Waals surface area (Å²) in [6.07, 6.45) is 0.839. The number of aromatic nitrogens is 2. The van der Waals surface area contributed by atoms with Gasteiger partial charge in [0.25, 0.3) is 0 Å². The number of hydrogen-bond acceptors (Lipinski definition) is 0. The summed E-state index contributed by atoms with van der Waals surface area (Å²) < 4.78 is 4.80. The Kier molecular flexibility index (Phi) is 4.57. The van der Waals surface area contributed by atoms with Gasteiger partial charge in [-0.3, -0.25) is 0 Å². The molecular formula is C39H26N2. The molecule has 0 fully saturated rings. The summed E-state index contributed by atoms with van der Waals surface area (Å²) in [5, 5.41) is 5.11. The van der Waals surface area contributed by atoms with Gasteiger partial charge >= 0.3 is 0 Å². The largest absolute Gasteiger partial charge is 0.309 e. The van der Waals surface area contributed by atoms with Crippen LogP contribution in [0.1, 0.15) is 11.1 Å². The topological polar surface area (TPSA) is 9.86 Å². The van der Waals surface area contributed by atoms with E-state index >= 15 is 0 Å². The summed E-state index contributed by atoms with van der Waals surface area (Å²) >= 11 is 0. The zero-order valence-corrected chi connectivity index (χ0v) is 22.5. The molecule has 41 heavy (non-hydrogen) atoms. The molecule has 1 aliphatic carbocycles. The van der Waals surface area contributed by atoms with Crippen LogP contribution in [-0.2, 0) is 6.42 Å². The highest BCUT2D eigenvalue weighted by Crippen LogP contribution is 2.46. The highest BCUT2D eigenvalue weighted by molar-refractivity contribution is 6.15. The lowest BCUT2D eigenvalue weighted by atomic mass is 9.81. The number of rotatable bonds is 2. The molecule has 2 nitrogen and oxygen atoms in total. The molecule has 0 atom stereocenters. The molecule has 192 valence electrons. The van der Waals surface area contributed by atoms with Crippen molar-refractivity contribution in [2.45, 2.75) is 6.42 Å². The molecule has 2 aromatic heterocycles. The minimum absolute atomic E-state index is 0.839. The third kappa shape index (κ3) is 3.13. The van der Waals surface area contributed by atoms with Gasteiger partial charge in [0, 0.05) is 32.9 Å². The first-order valence-corrected chi connectivity index (χ1v) is 14.2. The number of para-hydroxylation sites is 4. The summed E-state index contributed by atoms with van der Waals surface area (Å²) in [4.78, 5) is 0. The quantitative estimate of drug-likeness (QED) is 0.214. The van der Waals surface area contributed by atoms with Crippen molar-refractivity contribution in [3.05, 3.63) is 151 Å². The van der Waals surface area contributed by atoms with E-state index in [1.165, 1.54) is 82.8 Å². The first-order chi connectivity index (χ1) is 20.3. The van der Waals surface area contributed by atoms with E-state index in [1.54, 1.807) is 0 Å². The predicted octanol–water partition coefficient (Wildman–Crippen LogP) is 10.1. The van der Waals surface area contributed by atoms with E-state index < -0.39 is 0 Å². The summed E-state index contributed by atoms with van der Waals surface area (Å²) in [6, 6.07) is 48.5. The Morgan fingerprint density at radius 3 is 1.49 bits per heavy atom. The summed E-state index contributed by atoms with van der Waals surface area (Å²) in [6.45, 7) is 4.60. The molecule has 0 amide bonds. The van der Waals surface area contributed by atoms with E-state index in [2.05, 4.69) is 149 Å². The molecule has 0 aliphatic heterocycles. The Balaban J connectivity index is 1.37. The van der Waals surface area contributed by atoms with Crippen LogP contribution in [0.5, 0.6) is 0 Å². The third-order valence-corrected chi connectivity index (χ3v) is 8.81. The SMILES string of the molecule is C=C1Cc2cc3c(cc2-c2cc4c5ccccc5n(-c5ccccc5)c4cc21)c1ccccc1n3-c1ccccc1. The number of fused-ring (bicyclic) bond motifs is 9. The molecule has 0 unspecified atom stereocenters. The van der Waals surface area contributed by atoms with Gasteiger partial charge in [0.05, 0.1) is 22.1 Å². The van der Waals surface area contributed by atoms with Gasteiger partial charge in [0.1, 0.15) is 0 Å². The average Bonchev–Trinajstić information content (AvgIpc) is 3.52. The van der Waals surface area contributed by atoms with Gasteiger partial charge < -0.3 is 9.13 Å². The molecule has 0 saturated carbocycles. The Labute approximate surface area is 238 Å². The highest BCUT2D eigenvalue weighted by atomic mass is 15.0. The van der Waals surface area contributed by atoms with E-state index in [1.807, 2.05) is 0 Å². The van der Waals surface area contributed by atoms with Crippen LogP contribution in [0.3, 0.4) is 0 Å². The Hall–Kier alpha value is -5.34. The second-order valence-electron chi connectivity index (χ2n) is 11.1. The van der Waals surface area contributed by atoms with Gasteiger partial charge in [0.2, 0.25) is 0 Å². The Bertz CT molecular complexity index is 2330. The van der Waals surface area contributed by atoms with Crippen LogP contribution in [0.25, 0.3) is 71.7 Å². The molecule has 8 aromatic rings. The molecule has 0 radical (unpaired) electrons. The molecule has 0 bridgehead atoms. The summed E-state index contributed by atoms with van der Waals surface area (Å²) in [7, 11) is 0. The second kappa shape index (κ2) is 8.33. The van der Waals surface area contributed by atoms with E-state index in [0.717, 1.165) is 6.42 Å². The smallest absolute Gasteiger partial charge is 0.0547 e. The van der Waals surface area contributed by atoms with Crippen molar-refractivity contribution >= 4 is 49.2 Å². The van der Waals surface area contributed by atoms with Crippen LogP contribution in [0, 0.1) is 0 Å². The van der Waals surface area contributed by atoms with Crippen LogP contribution in [0.2, 0.25) is 0 Å². The van der Waals surface area contributed by atoms with E-state index in [0.29, 0.717) is 0 Å². The molecule has 1 aliphatic rings. The van der Waals surface area contributed by atoms with Crippen LogP contribution in [-0.4, -0.2) is 9.13 Å². The van der Waals surface area contributed by atoms with Crippen molar-refractivity contribution in [3.8, 4) is 22.5 Å². The number of allylic oxidation sites excluding steroid dienone is 1.